The number of allylic oxidation sites excluding steroid dienone is 2. The first-order chi connectivity index (χ1) is 13.7. The van der Waals surface area contributed by atoms with E-state index in [-0.39, 0.29) is 29.8 Å². The van der Waals surface area contributed by atoms with Gasteiger partial charge in [0.2, 0.25) is 0 Å². The highest BCUT2D eigenvalue weighted by molar-refractivity contribution is 6.31. The van der Waals surface area contributed by atoms with Crippen molar-refractivity contribution in [3.05, 3.63) is 58.8 Å². The number of carbonyl (C=O) groups excluding carboxylic acids is 1. The Bertz CT molecular complexity index is 936. The third kappa shape index (κ3) is 3.11. The van der Waals surface area contributed by atoms with Gasteiger partial charge in [0.1, 0.15) is 17.6 Å². The summed E-state index contributed by atoms with van der Waals surface area (Å²) < 4.78 is 5.82. The second-order valence-electron chi connectivity index (χ2n) is 7.49. The highest BCUT2D eigenvalue weighted by Crippen LogP contribution is 2.40. The largest absolute Gasteiger partial charge is 0.428 e. The molecule has 4 aliphatic rings. The molecule has 144 valence electrons. The number of amidine groups is 1. The lowest BCUT2D eigenvalue weighted by Crippen LogP contribution is -2.56. The van der Waals surface area contributed by atoms with Crippen molar-refractivity contribution < 1.29 is 9.53 Å². The summed E-state index contributed by atoms with van der Waals surface area (Å²) in [4.78, 5) is 22.1. The minimum atomic E-state index is -0.319. The Morgan fingerprint density at radius 3 is 3.00 bits per heavy atom. The van der Waals surface area contributed by atoms with E-state index < -0.39 is 0 Å². The molecular weight excluding hydrogens is 376 g/mol. The van der Waals surface area contributed by atoms with Crippen molar-refractivity contribution in [3.63, 3.8) is 0 Å². The van der Waals surface area contributed by atoms with Gasteiger partial charge in [-0.2, -0.15) is 0 Å². The standard InChI is InChI=1S/C21H21ClN4O2/c22-13-7-2-1-6-12(13)19-18-15(9-5-10-16(18)27)23-20(25-19)26-21-24-14-8-3-4-11-17(14)28-21/h1-4,6-7,11,14-15,18-19H,5,8-10H2,(H2,23,24,25,26). The minimum absolute atomic E-state index is 0.0210. The van der Waals surface area contributed by atoms with Gasteiger partial charge in [0, 0.05) is 17.5 Å². The number of hydrogen-bond acceptors (Lipinski definition) is 6. The number of aliphatic imine (C=N–C) groups is 2. The number of Topliss-reactive ketones (excluding diaryl/α,β-unsaturated/α-hetero) is 1. The van der Waals surface area contributed by atoms with Gasteiger partial charge in [0.15, 0.2) is 5.96 Å². The highest BCUT2D eigenvalue weighted by Gasteiger charge is 2.43. The van der Waals surface area contributed by atoms with Crippen molar-refractivity contribution >= 4 is 29.4 Å². The van der Waals surface area contributed by atoms with E-state index in [9.17, 15) is 4.79 Å². The number of nitrogens with zero attached hydrogens (tertiary/aromatic N) is 2. The summed E-state index contributed by atoms with van der Waals surface area (Å²) in [5, 5.41) is 7.21. The molecule has 2 heterocycles. The number of halogens is 1. The van der Waals surface area contributed by atoms with Crippen molar-refractivity contribution in [1.82, 2.24) is 10.6 Å². The zero-order chi connectivity index (χ0) is 19.1. The molecule has 0 bridgehead atoms. The molecule has 2 aliphatic heterocycles. The average Bonchev–Trinajstić information content (AvgIpc) is 3.10. The van der Waals surface area contributed by atoms with Crippen LogP contribution in [0.1, 0.15) is 37.3 Å². The molecule has 0 saturated heterocycles. The number of fused-ring (bicyclic) bond motifs is 2. The molecule has 1 aromatic rings. The molecule has 28 heavy (non-hydrogen) atoms. The summed E-state index contributed by atoms with van der Waals surface area (Å²) in [6.07, 6.45) is 9.22. The first kappa shape index (κ1) is 17.5. The van der Waals surface area contributed by atoms with Crippen LogP contribution in [0.3, 0.4) is 0 Å². The molecule has 4 atom stereocenters. The Hall–Kier alpha value is -2.60. The van der Waals surface area contributed by atoms with E-state index >= 15 is 0 Å². The van der Waals surface area contributed by atoms with E-state index in [1.54, 1.807) is 0 Å². The van der Waals surface area contributed by atoms with Crippen molar-refractivity contribution in [1.29, 1.82) is 0 Å². The lowest BCUT2D eigenvalue weighted by molar-refractivity contribution is -0.126. The zero-order valence-corrected chi connectivity index (χ0v) is 16.0. The molecule has 2 N–H and O–H groups in total. The first-order valence-corrected chi connectivity index (χ1v) is 10.1. The van der Waals surface area contributed by atoms with Crippen molar-refractivity contribution in [2.24, 2.45) is 15.9 Å². The lowest BCUT2D eigenvalue weighted by atomic mass is 9.76. The summed E-state index contributed by atoms with van der Waals surface area (Å²) in [5.41, 5.74) is 0.880. The van der Waals surface area contributed by atoms with Crippen LogP contribution in [-0.4, -0.2) is 29.8 Å². The molecule has 4 unspecified atom stereocenters. The molecule has 0 spiro atoms. The fourth-order valence-corrected chi connectivity index (χ4v) is 4.61. The molecule has 7 heteroatoms. The summed E-state index contributed by atoms with van der Waals surface area (Å²) in [5.74, 6) is 1.45. The summed E-state index contributed by atoms with van der Waals surface area (Å²) in [7, 11) is 0. The smallest absolute Gasteiger partial charge is 0.297 e. The summed E-state index contributed by atoms with van der Waals surface area (Å²) in [6, 6.07) is 7.78. The van der Waals surface area contributed by atoms with Gasteiger partial charge < -0.3 is 10.1 Å². The Morgan fingerprint density at radius 1 is 1.25 bits per heavy atom. The third-order valence-electron chi connectivity index (χ3n) is 5.70. The monoisotopic (exact) mass is 396 g/mol. The number of hydrogen-bond donors (Lipinski definition) is 2. The molecule has 0 amide bonds. The Kier molecular flexibility index (Phi) is 4.43. The van der Waals surface area contributed by atoms with E-state index in [0.717, 1.165) is 30.6 Å². The zero-order valence-electron chi connectivity index (χ0n) is 15.3. The SMILES string of the molecule is O=C1CCCC2NC(NC3=NC4CC=CC=C4O3)=NC(c3ccccc3Cl)C12. The van der Waals surface area contributed by atoms with Crippen LogP contribution in [0.2, 0.25) is 5.02 Å². The molecule has 5 rings (SSSR count). The fraction of sp³-hybridized carbons (Fsp3) is 0.381. The van der Waals surface area contributed by atoms with Crippen LogP contribution in [0.5, 0.6) is 0 Å². The normalized spacial score (nSPS) is 30.9. The molecule has 1 aromatic carbocycles. The topological polar surface area (TPSA) is 75.1 Å². The molecule has 1 fully saturated rings. The maximum atomic E-state index is 12.7. The maximum absolute atomic E-state index is 12.7. The molecule has 2 aliphatic carbocycles. The number of benzene rings is 1. The predicted octanol–water partition coefficient (Wildman–Crippen LogP) is 3.27. The van der Waals surface area contributed by atoms with Gasteiger partial charge in [-0.25, -0.2) is 9.98 Å². The Balaban J connectivity index is 1.46. The van der Waals surface area contributed by atoms with Crippen LogP contribution in [0.25, 0.3) is 0 Å². The van der Waals surface area contributed by atoms with Crippen LogP contribution < -0.4 is 10.6 Å². The second kappa shape index (κ2) is 7.09. The summed E-state index contributed by atoms with van der Waals surface area (Å²) >= 11 is 6.45. The number of ether oxygens (including phenoxy) is 1. The lowest BCUT2D eigenvalue weighted by Gasteiger charge is -2.39. The van der Waals surface area contributed by atoms with Crippen LogP contribution in [0.15, 0.2) is 58.2 Å². The van der Waals surface area contributed by atoms with Gasteiger partial charge in [0.05, 0.1) is 12.0 Å². The van der Waals surface area contributed by atoms with Gasteiger partial charge in [-0.15, -0.1) is 0 Å². The van der Waals surface area contributed by atoms with Gasteiger partial charge in [-0.1, -0.05) is 42.0 Å². The van der Waals surface area contributed by atoms with E-state index in [1.807, 2.05) is 36.4 Å². The molecule has 6 nitrogen and oxygen atoms in total. The Labute approximate surface area is 168 Å². The second-order valence-corrected chi connectivity index (χ2v) is 7.90. The van der Waals surface area contributed by atoms with Crippen molar-refractivity contribution in [2.45, 2.75) is 43.8 Å². The highest BCUT2D eigenvalue weighted by atomic mass is 35.5. The van der Waals surface area contributed by atoms with Crippen molar-refractivity contribution in [3.8, 4) is 0 Å². The van der Waals surface area contributed by atoms with Crippen LogP contribution >= 0.6 is 11.6 Å². The van der Waals surface area contributed by atoms with E-state index in [4.69, 9.17) is 21.3 Å². The van der Waals surface area contributed by atoms with Gasteiger partial charge in [-0.3, -0.25) is 10.1 Å². The van der Waals surface area contributed by atoms with Crippen LogP contribution in [-0.2, 0) is 9.53 Å². The van der Waals surface area contributed by atoms with E-state index in [1.165, 1.54) is 0 Å². The van der Waals surface area contributed by atoms with Crippen LogP contribution in [0.4, 0.5) is 0 Å². The average molecular weight is 397 g/mol. The number of guanidine groups is 1. The van der Waals surface area contributed by atoms with Gasteiger partial charge >= 0.3 is 0 Å². The first-order valence-electron chi connectivity index (χ1n) is 9.70. The quantitative estimate of drug-likeness (QED) is 0.764. The number of nitrogens with one attached hydrogen (secondary N) is 2. The maximum Gasteiger partial charge on any atom is 0.297 e. The predicted molar refractivity (Wildman–Crippen MR) is 108 cm³/mol. The van der Waals surface area contributed by atoms with E-state index in [2.05, 4.69) is 21.7 Å². The number of carbonyl (C=O) groups is 1. The van der Waals surface area contributed by atoms with Crippen LogP contribution in [0, 0.1) is 5.92 Å². The Morgan fingerprint density at radius 2 is 2.14 bits per heavy atom. The molecule has 0 radical (unpaired) electrons. The number of rotatable bonds is 1. The fourth-order valence-electron chi connectivity index (χ4n) is 4.36. The summed E-state index contributed by atoms with van der Waals surface area (Å²) in [6.45, 7) is 0. The van der Waals surface area contributed by atoms with Crippen molar-refractivity contribution in [2.75, 3.05) is 0 Å². The molecular formula is C21H21ClN4O2. The van der Waals surface area contributed by atoms with Gasteiger partial charge in [-0.05, 0) is 37.0 Å². The third-order valence-corrected chi connectivity index (χ3v) is 6.04. The molecule has 0 aromatic heterocycles. The molecule has 1 saturated carbocycles. The van der Waals surface area contributed by atoms with E-state index in [0.29, 0.717) is 23.4 Å². The minimum Gasteiger partial charge on any atom is -0.428 e. The van der Waals surface area contributed by atoms with Gasteiger partial charge in [0.25, 0.3) is 6.02 Å². The number of ketones is 1.